The minimum Gasteiger partial charge on any atom is -0.461 e. The predicted octanol–water partition coefficient (Wildman–Crippen LogP) is 3.67. The van der Waals surface area contributed by atoms with Crippen LogP contribution in [-0.4, -0.2) is 40.6 Å². The summed E-state index contributed by atoms with van der Waals surface area (Å²) in [4.78, 5) is 34.9. The second-order valence-corrected chi connectivity index (χ2v) is 9.43. The standard InChI is InChI=1S/C22H27N3O7S/c1-7-28-19(27)16(13-11-33-20(23)24-13)25-29-10-12-8-9-14-17(31-22(5,6)30-14)15(12)18(26)32-21(2,3)4/h8-9,11H,7,10H2,1-6H3,(H2,23,24)/b25-16-. The zero-order valence-electron chi connectivity index (χ0n) is 19.4. The first-order valence-corrected chi connectivity index (χ1v) is 11.1. The Morgan fingerprint density at radius 1 is 1.24 bits per heavy atom. The molecule has 1 aromatic heterocycles. The Bertz CT molecular complexity index is 1090. The van der Waals surface area contributed by atoms with Crippen molar-refractivity contribution in [1.29, 1.82) is 0 Å². The van der Waals surface area contributed by atoms with Gasteiger partial charge >= 0.3 is 11.9 Å². The highest BCUT2D eigenvalue weighted by molar-refractivity contribution is 7.13. The van der Waals surface area contributed by atoms with Gasteiger partial charge in [0.15, 0.2) is 16.6 Å². The molecule has 0 aliphatic carbocycles. The van der Waals surface area contributed by atoms with E-state index in [1.54, 1.807) is 59.1 Å². The number of nitrogens with zero attached hydrogens (tertiary/aromatic N) is 2. The summed E-state index contributed by atoms with van der Waals surface area (Å²) in [7, 11) is 0. The van der Waals surface area contributed by atoms with Gasteiger partial charge in [0, 0.05) is 24.8 Å². The van der Waals surface area contributed by atoms with Crippen molar-refractivity contribution in [1.82, 2.24) is 4.98 Å². The monoisotopic (exact) mass is 477 g/mol. The molecule has 0 atom stereocenters. The largest absolute Gasteiger partial charge is 0.461 e. The van der Waals surface area contributed by atoms with Gasteiger partial charge in [-0.05, 0) is 33.8 Å². The van der Waals surface area contributed by atoms with Crippen LogP contribution in [0.4, 0.5) is 5.13 Å². The highest BCUT2D eigenvalue weighted by Gasteiger charge is 2.37. The number of esters is 2. The zero-order valence-corrected chi connectivity index (χ0v) is 20.2. The van der Waals surface area contributed by atoms with E-state index in [1.165, 1.54) is 0 Å². The zero-order chi connectivity index (χ0) is 24.4. The number of carbonyl (C=O) groups excluding carboxylic acids is 2. The molecule has 0 saturated heterocycles. The Morgan fingerprint density at radius 2 is 1.97 bits per heavy atom. The number of hydrogen-bond acceptors (Lipinski definition) is 11. The molecule has 0 radical (unpaired) electrons. The lowest BCUT2D eigenvalue weighted by molar-refractivity contribution is -0.135. The van der Waals surface area contributed by atoms with Gasteiger partial charge in [-0.3, -0.25) is 0 Å². The van der Waals surface area contributed by atoms with E-state index in [9.17, 15) is 9.59 Å². The third kappa shape index (κ3) is 5.92. The third-order valence-electron chi connectivity index (χ3n) is 4.12. The van der Waals surface area contributed by atoms with Crippen molar-refractivity contribution in [2.75, 3.05) is 12.3 Å². The summed E-state index contributed by atoms with van der Waals surface area (Å²) in [5, 5.41) is 5.77. The Balaban J connectivity index is 1.92. The van der Waals surface area contributed by atoms with Crippen LogP contribution in [0.3, 0.4) is 0 Å². The maximum absolute atomic E-state index is 13.0. The molecule has 0 fully saturated rings. The molecule has 178 valence electrons. The van der Waals surface area contributed by atoms with Crippen LogP contribution in [0.25, 0.3) is 0 Å². The van der Waals surface area contributed by atoms with Crippen molar-refractivity contribution in [3.05, 3.63) is 34.3 Å². The molecule has 1 aliphatic heterocycles. The lowest BCUT2D eigenvalue weighted by atomic mass is 10.1. The van der Waals surface area contributed by atoms with E-state index in [1.807, 2.05) is 0 Å². The number of ether oxygens (including phenoxy) is 4. The molecule has 10 nitrogen and oxygen atoms in total. The van der Waals surface area contributed by atoms with Gasteiger partial charge in [-0.2, -0.15) is 0 Å². The number of anilines is 1. The first-order valence-electron chi connectivity index (χ1n) is 10.3. The van der Waals surface area contributed by atoms with Crippen LogP contribution in [0.2, 0.25) is 0 Å². The molecule has 0 unspecified atom stereocenters. The molecule has 11 heteroatoms. The van der Waals surface area contributed by atoms with Gasteiger partial charge in [0.25, 0.3) is 0 Å². The van der Waals surface area contributed by atoms with Gasteiger partial charge in [-0.25, -0.2) is 14.6 Å². The van der Waals surface area contributed by atoms with Crippen LogP contribution >= 0.6 is 11.3 Å². The number of carbonyl (C=O) groups is 2. The average Bonchev–Trinajstić information content (AvgIpc) is 3.24. The summed E-state index contributed by atoms with van der Waals surface area (Å²) in [5.74, 6) is -1.57. The van der Waals surface area contributed by atoms with Crippen molar-refractivity contribution in [3.63, 3.8) is 0 Å². The van der Waals surface area contributed by atoms with Crippen molar-refractivity contribution in [2.45, 2.75) is 59.5 Å². The summed E-state index contributed by atoms with van der Waals surface area (Å²) in [6.07, 6.45) is 0. The van der Waals surface area contributed by atoms with Gasteiger partial charge in [-0.15, -0.1) is 11.3 Å². The van der Waals surface area contributed by atoms with Gasteiger partial charge in [-0.1, -0.05) is 11.2 Å². The van der Waals surface area contributed by atoms with Gasteiger partial charge in [0.05, 0.1) is 6.61 Å². The van der Waals surface area contributed by atoms with Crippen LogP contribution in [0.5, 0.6) is 11.5 Å². The molecule has 0 saturated carbocycles. The molecule has 3 rings (SSSR count). The topological polar surface area (TPSA) is 132 Å². The summed E-state index contributed by atoms with van der Waals surface area (Å²) < 4.78 is 22.2. The minimum atomic E-state index is -0.946. The van der Waals surface area contributed by atoms with E-state index in [0.29, 0.717) is 11.3 Å². The molecule has 1 aliphatic rings. The Hall–Kier alpha value is -3.34. The third-order valence-corrected chi connectivity index (χ3v) is 4.80. The summed E-state index contributed by atoms with van der Waals surface area (Å²) in [6, 6.07) is 3.33. The number of rotatable bonds is 7. The van der Waals surface area contributed by atoms with Gasteiger partial charge < -0.3 is 29.5 Å². The number of oxime groups is 1. The van der Waals surface area contributed by atoms with Crippen molar-refractivity contribution in [3.8, 4) is 11.5 Å². The first-order chi connectivity index (χ1) is 15.4. The molecular formula is C22H27N3O7S. The van der Waals surface area contributed by atoms with E-state index in [4.69, 9.17) is 29.5 Å². The van der Waals surface area contributed by atoms with Crippen LogP contribution in [0.1, 0.15) is 63.2 Å². The van der Waals surface area contributed by atoms with E-state index in [0.717, 1.165) is 11.3 Å². The summed E-state index contributed by atoms with van der Waals surface area (Å²) in [5.41, 5.74) is 5.64. The molecule has 0 spiro atoms. The fourth-order valence-corrected chi connectivity index (χ4v) is 3.49. The molecule has 33 heavy (non-hydrogen) atoms. The Kier molecular flexibility index (Phi) is 6.82. The highest BCUT2D eigenvalue weighted by Crippen LogP contribution is 2.44. The highest BCUT2D eigenvalue weighted by atomic mass is 32.1. The molecular weight excluding hydrogens is 450 g/mol. The van der Waals surface area contributed by atoms with Crippen LogP contribution in [-0.2, 0) is 25.7 Å². The molecule has 0 bridgehead atoms. The number of hydrogen-bond donors (Lipinski definition) is 1. The van der Waals surface area contributed by atoms with E-state index >= 15 is 0 Å². The van der Waals surface area contributed by atoms with Crippen LogP contribution < -0.4 is 15.2 Å². The second kappa shape index (κ2) is 9.26. The minimum absolute atomic E-state index is 0.134. The number of nitrogens with two attached hydrogens (primary N) is 1. The van der Waals surface area contributed by atoms with Crippen molar-refractivity contribution < 1.29 is 33.4 Å². The maximum Gasteiger partial charge on any atom is 0.362 e. The van der Waals surface area contributed by atoms with E-state index in [2.05, 4.69) is 10.1 Å². The fraction of sp³-hybridized carbons (Fsp3) is 0.455. The molecule has 2 aromatic rings. The van der Waals surface area contributed by atoms with E-state index < -0.39 is 23.3 Å². The summed E-state index contributed by atoms with van der Waals surface area (Å²) >= 11 is 1.15. The normalized spacial score (nSPS) is 14.7. The quantitative estimate of drug-likeness (QED) is 0.360. The SMILES string of the molecule is CCOC(=O)/C(=N\OCc1ccc2c(c1C(=O)OC(C)(C)C)OC(C)(C)O2)c1csc(N)n1. The lowest BCUT2D eigenvalue weighted by Gasteiger charge is -2.21. The summed E-state index contributed by atoms with van der Waals surface area (Å²) in [6.45, 7) is 10.4. The Labute approximate surface area is 195 Å². The van der Waals surface area contributed by atoms with Crippen LogP contribution in [0, 0.1) is 0 Å². The Morgan fingerprint density at radius 3 is 2.58 bits per heavy atom. The van der Waals surface area contributed by atoms with Crippen LogP contribution in [0.15, 0.2) is 22.7 Å². The molecule has 2 heterocycles. The van der Waals surface area contributed by atoms with Crippen molar-refractivity contribution in [2.24, 2.45) is 5.16 Å². The lowest BCUT2D eigenvalue weighted by Crippen LogP contribution is -2.30. The number of fused-ring (bicyclic) bond motifs is 1. The predicted molar refractivity (Wildman–Crippen MR) is 121 cm³/mol. The smallest absolute Gasteiger partial charge is 0.362 e. The average molecular weight is 478 g/mol. The van der Waals surface area contributed by atoms with E-state index in [-0.39, 0.29) is 41.1 Å². The van der Waals surface area contributed by atoms with Crippen molar-refractivity contribution >= 4 is 34.1 Å². The van der Waals surface area contributed by atoms with Gasteiger partial charge in [0.1, 0.15) is 23.5 Å². The molecule has 1 aromatic carbocycles. The first kappa shape index (κ1) is 24.3. The number of thiazole rings is 1. The molecule has 0 amide bonds. The number of aromatic nitrogens is 1. The second-order valence-electron chi connectivity index (χ2n) is 8.54. The maximum atomic E-state index is 13.0. The molecule has 2 N–H and O–H groups in total. The number of benzene rings is 1. The number of nitrogen functional groups attached to an aromatic ring is 1. The van der Waals surface area contributed by atoms with Gasteiger partial charge in [0.2, 0.25) is 11.5 Å². The fourth-order valence-electron chi connectivity index (χ4n) is 2.94.